The number of rotatable bonds is 9. The van der Waals surface area contributed by atoms with Gasteiger partial charge in [0.25, 0.3) is 0 Å². The molecule has 0 saturated heterocycles. The fourth-order valence-corrected chi connectivity index (χ4v) is 2.61. The summed E-state index contributed by atoms with van der Waals surface area (Å²) in [5.41, 5.74) is 1.89. The molecule has 1 aromatic carbocycles. The molecule has 2 heterocycles. The maximum atomic E-state index is 11.1. The minimum atomic E-state index is -0.946. The van der Waals surface area contributed by atoms with Crippen molar-refractivity contribution in [1.29, 1.82) is 0 Å². The second kappa shape index (κ2) is 8.28. The first-order valence-corrected chi connectivity index (χ1v) is 8.68. The van der Waals surface area contributed by atoms with E-state index in [9.17, 15) is 4.79 Å². The molecule has 3 N–H and O–H groups in total. The highest BCUT2D eigenvalue weighted by Crippen LogP contribution is 2.24. The van der Waals surface area contributed by atoms with Crippen molar-refractivity contribution in [2.24, 2.45) is 0 Å². The number of aromatic nitrogens is 4. The minimum absolute atomic E-state index is 0.201. The molecule has 0 aliphatic heterocycles. The zero-order valence-corrected chi connectivity index (χ0v) is 14.6. The number of nitrogens with zero attached hydrogens (tertiary/aromatic N) is 4. The number of nitrogens with one attached hydrogen (secondary N) is 2. The molecule has 0 aliphatic carbocycles. The molecule has 0 spiro atoms. The summed E-state index contributed by atoms with van der Waals surface area (Å²) in [6.07, 6.45) is 4.76. The van der Waals surface area contributed by atoms with Crippen molar-refractivity contribution in [3.8, 4) is 0 Å². The highest BCUT2D eigenvalue weighted by molar-refractivity contribution is 5.87. The van der Waals surface area contributed by atoms with Gasteiger partial charge in [-0.05, 0) is 18.6 Å². The highest BCUT2D eigenvalue weighted by Gasteiger charge is 2.15. The summed E-state index contributed by atoms with van der Waals surface area (Å²) in [5, 5.41) is 15.6. The molecule has 2 aromatic heterocycles. The number of hydrogen-bond acceptors (Lipinski definition) is 6. The van der Waals surface area contributed by atoms with E-state index < -0.39 is 5.97 Å². The standard InChI is InChI=1S/C18H22N6O2/c1-2-3-7-10-19-18-22-16(21-13-8-5-4-6-9-13)15-17(23-18)24(12-20-15)11-14(25)26/h4-6,8-9,12H,2-3,7,10-11H2,1H3,(H,25,26)(H2,19,21,22,23). The fraction of sp³-hybridized carbons (Fsp3) is 0.333. The fourth-order valence-electron chi connectivity index (χ4n) is 2.61. The molecule has 0 atom stereocenters. The Morgan fingerprint density at radius 1 is 1.19 bits per heavy atom. The molecule has 0 unspecified atom stereocenters. The topological polar surface area (TPSA) is 105 Å². The highest BCUT2D eigenvalue weighted by atomic mass is 16.4. The number of aliphatic carboxylic acids is 1. The molecule has 26 heavy (non-hydrogen) atoms. The van der Waals surface area contributed by atoms with Gasteiger partial charge in [0.2, 0.25) is 5.95 Å². The van der Waals surface area contributed by atoms with Crippen LogP contribution < -0.4 is 10.6 Å². The molecule has 136 valence electrons. The van der Waals surface area contributed by atoms with Gasteiger partial charge in [0.05, 0.1) is 6.33 Å². The molecule has 0 fully saturated rings. The third-order valence-electron chi connectivity index (χ3n) is 3.87. The van der Waals surface area contributed by atoms with Crippen LogP contribution in [0.4, 0.5) is 17.5 Å². The van der Waals surface area contributed by atoms with E-state index in [0.29, 0.717) is 22.9 Å². The first-order chi connectivity index (χ1) is 12.7. The van der Waals surface area contributed by atoms with Gasteiger partial charge in [-0.15, -0.1) is 0 Å². The lowest BCUT2D eigenvalue weighted by atomic mass is 10.2. The first kappa shape index (κ1) is 17.7. The van der Waals surface area contributed by atoms with Crippen LogP contribution in [0.2, 0.25) is 0 Å². The summed E-state index contributed by atoms with van der Waals surface area (Å²) in [6.45, 7) is 2.71. The summed E-state index contributed by atoms with van der Waals surface area (Å²) >= 11 is 0. The van der Waals surface area contributed by atoms with Gasteiger partial charge >= 0.3 is 5.97 Å². The maximum absolute atomic E-state index is 11.1. The summed E-state index contributed by atoms with van der Waals surface area (Å²) < 4.78 is 1.51. The summed E-state index contributed by atoms with van der Waals surface area (Å²) in [7, 11) is 0. The first-order valence-electron chi connectivity index (χ1n) is 8.68. The summed E-state index contributed by atoms with van der Waals surface area (Å²) in [5.74, 6) is 0.0560. The van der Waals surface area contributed by atoms with Crippen LogP contribution in [0.5, 0.6) is 0 Å². The normalized spacial score (nSPS) is 10.8. The zero-order valence-electron chi connectivity index (χ0n) is 14.6. The predicted octanol–water partition coefficient (Wildman–Crippen LogP) is 3.26. The van der Waals surface area contributed by atoms with Crippen LogP contribution in [0.3, 0.4) is 0 Å². The minimum Gasteiger partial charge on any atom is -0.480 e. The number of carboxylic acid groups (broad SMARTS) is 1. The largest absolute Gasteiger partial charge is 0.480 e. The smallest absolute Gasteiger partial charge is 0.323 e. The molecule has 0 aliphatic rings. The molecule has 0 radical (unpaired) electrons. The van der Waals surface area contributed by atoms with Crippen molar-refractivity contribution in [2.45, 2.75) is 32.7 Å². The van der Waals surface area contributed by atoms with Crippen LogP contribution in [0.15, 0.2) is 36.7 Å². The second-order valence-corrected chi connectivity index (χ2v) is 5.96. The number of carbonyl (C=O) groups is 1. The molecular formula is C18H22N6O2. The number of benzene rings is 1. The maximum Gasteiger partial charge on any atom is 0.323 e. The van der Waals surface area contributed by atoms with Crippen LogP contribution in [0.25, 0.3) is 11.2 Å². The van der Waals surface area contributed by atoms with E-state index in [2.05, 4.69) is 32.5 Å². The van der Waals surface area contributed by atoms with Gasteiger partial charge in [0.15, 0.2) is 17.0 Å². The van der Waals surface area contributed by atoms with Crippen LogP contribution in [-0.2, 0) is 11.3 Å². The Balaban J connectivity index is 1.94. The van der Waals surface area contributed by atoms with E-state index in [0.717, 1.165) is 31.5 Å². The van der Waals surface area contributed by atoms with E-state index >= 15 is 0 Å². The Hall–Kier alpha value is -3.16. The number of para-hydroxylation sites is 1. The van der Waals surface area contributed by atoms with Crippen LogP contribution in [0, 0.1) is 0 Å². The van der Waals surface area contributed by atoms with Gasteiger partial charge in [0.1, 0.15) is 6.54 Å². The molecule has 3 rings (SSSR count). The molecule has 0 saturated carbocycles. The number of anilines is 3. The molecule has 0 bridgehead atoms. The Bertz CT molecular complexity index is 878. The third kappa shape index (κ3) is 4.27. The van der Waals surface area contributed by atoms with E-state index in [-0.39, 0.29) is 6.54 Å². The molecule has 0 amide bonds. The molecule has 8 heteroatoms. The van der Waals surface area contributed by atoms with Crippen molar-refractivity contribution >= 4 is 34.6 Å². The van der Waals surface area contributed by atoms with Crippen LogP contribution in [-0.4, -0.2) is 37.1 Å². The Labute approximate surface area is 151 Å². The van der Waals surface area contributed by atoms with E-state index in [1.54, 1.807) is 0 Å². The number of unbranched alkanes of at least 4 members (excludes halogenated alkanes) is 2. The van der Waals surface area contributed by atoms with Gasteiger partial charge in [-0.1, -0.05) is 38.0 Å². The Morgan fingerprint density at radius 2 is 2.00 bits per heavy atom. The summed E-state index contributed by atoms with van der Waals surface area (Å²) in [4.78, 5) is 24.4. The van der Waals surface area contributed by atoms with Gasteiger partial charge in [-0.2, -0.15) is 9.97 Å². The molecular weight excluding hydrogens is 332 g/mol. The number of hydrogen-bond donors (Lipinski definition) is 3. The average molecular weight is 354 g/mol. The molecule has 8 nitrogen and oxygen atoms in total. The van der Waals surface area contributed by atoms with E-state index in [1.165, 1.54) is 10.9 Å². The average Bonchev–Trinajstić information content (AvgIpc) is 3.02. The lowest BCUT2D eigenvalue weighted by molar-refractivity contribution is -0.137. The number of carboxylic acids is 1. The quantitative estimate of drug-likeness (QED) is 0.507. The number of fused-ring (bicyclic) bond motifs is 1. The van der Waals surface area contributed by atoms with Crippen molar-refractivity contribution in [3.05, 3.63) is 36.7 Å². The van der Waals surface area contributed by atoms with Crippen LogP contribution in [0.1, 0.15) is 26.2 Å². The SMILES string of the molecule is CCCCCNc1nc(Nc2ccccc2)c2ncn(CC(=O)O)c2n1. The lowest BCUT2D eigenvalue weighted by Gasteiger charge is -2.10. The summed E-state index contributed by atoms with van der Waals surface area (Å²) in [6, 6.07) is 9.64. The van der Waals surface area contributed by atoms with Gasteiger partial charge in [-0.3, -0.25) is 4.79 Å². The van der Waals surface area contributed by atoms with Crippen molar-refractivity contribution < 1.29 is 9.90 Å². The van der Waals surface area contributed by atoms with Crippen molar-refractivity contribution in [3.63, 3.8) is 0 Å². The zero-order chi connectivity index (χ0) is 18.4. The molecule has 3 aromatic rings. The predicted molar refractivity (Wildman–Crippen MR) is 101 cm³/mol. The van der Waals surface area contributed by atoms with E-state index in [1.807, 2.05) is 30.3 Å². The van der Waals surface area contributed by atoms with Crippen molar-refractivity contribution in [2.75, 3.05) is 17.2 Å². The third-order valence-corrected chi connectivity index (χ3v) is 3.87. The van der Waals surface area contributed by atoms with E-state index in [4.69, 9.17) is 5.11 Å². The van der Waals surface area contributed by atoms with Crippen LogP contribution >= 0.6 is 0 Å². The van der Waals surface area contributed by atoms with Gasteiger partial charge < -0.3 is 20.3 Å². The van der Waals surface area contributed by atoms with Crippen molar-refractivity contribution in [1.82, 2.24) is 19.5 Å². The Morgan fingerprint density at radius 3 is 2.73 bits per heavy atom. The van der Waals surface area contributed by atoms with Gasteiger partial charge in [-0.25, -0.2) is 4.98 Å². The number of imidazole rings is 1. The monoisotopic (exact) mass is 354 g/mol. The Kier molecular flexibility index (Phi) is 5.62. The second-order valence-electron chi connectivity index (χ2n) is 5.96. The van der Waals surface area contributed by atoms with Gasteiger partial charge in [0, 0.05) is 12.2 Å². The lowest BCUT2D eigenvalue weighted by Crippen LogP contribution is -2.11.